The van der Waals surface area contributed by atoms with Crippen LogP contribution in [0.4, 0.5) is 13.2 Å². The lowest BCUT2D eigenvalue weighted by Crippen LogP contribution is -2.55. The highest BCUT2D eigenvalue weighted by Gasteiger charge is 2.44. The van der Waals surface area contributed by atoms with Crippen molar-refractivity contribution in [3.05, 3.63) is 65.0 Å². The Morgan fingerprint density at radius 2 is 1.85 bits per heavy atom. The van der Waals surface area contributed by atoms with Crippen LogP contribution in [0.2, 0.25) is 0 Å². The van der Waals surface area contributed by atoms with Gasteiger partial charge in [0.2, 0.25) is 0 Å². The van der Waals surface area contributed by atoms with Crippen LogP contribution in [0.25, 0.3) is 0 Å². The minimum Gasteiger partial charge on any atom is -0.340 e. The molecule has 178 valence electrons. The number of pyridine rings is 1. The number of nitrogens with zero attached hydrogens (tertiary/aromatic N) is 3. The van der Waals surface area contributed by atoms with Crippen molar-refractivity contribution in [2.45, 2.75) is 57.4 Å². The third kappa shape index (κ3) is 5.92. The summed E-state index contributed by atoms with van der Waals surface area (Å²) in [6.45, 7) is 5.03. The normalized spacial score (nSPS) is 19.6. The predicted octanol–water partition coefficient (Wildman–Crippen LogP) is 3.75. The first-order chi connectivity index (χ1) is 15.8. The quantitative estimate of drug-likeness (QED) is 0.713. The SMILES string of the molecule is Cc1cc(CN2CCC(F)(C(=O)N3CCC(NCc4ccc(F)cc4F)CC3)CC2)ccn1. The van der Waals surface area contributed by atoms with Crippen LogP contribution in [0.1, 0.15) is 42.5 Å². The van der Waals surface area contributed by atoms with Crippen LogP contribution >= 0.6 is 0 Å². The Hall–Kier alpha value is -2.45. The molecule has 2 aliphatic heterocycles. The molecule has 0 bridgehead atoms. The molecule has 3 heterocycles. The smallest absolute Gasteiger partial charge is 0.260 e. The van der Waals surface area contributed by atoms with E-state index < -0.39 is 23.2 Å². The third-order valence-corrected chi connectivity index (χ3v) is 6.78. The molecule has 4 rings (SSSR count). The number of piperidine rings is 2. The standard InChI is InChI=1S/C25H31F3N4O/c1-18-14-19(4-9-29-18)17-31-12-7-25(28,8-13-31)24(33)32-10-5-22(6-11-32)30-16-20-2-3-21(26)15-23(20)27/h2-4,9,14-15,22,30H,5-8,10-13,16-17H2,1H3. The first-order valence-electron chi connectivity index (χ1n) is 11.6. The molecule has 2 aromatic rings. The van der Waals surface area contributed by atoms with E-state index in [2.05, 4.69) is 15.2 Å². The first-order valence-corrected chi connectivity index (χ1v) is 11.6. The van der Waals surface area contributed by atoms with Gasteiger partial charge in [0, 0.05) is 81.7 Å². The summed E-state index contributed by atoms with van der Waals surface area (Å²) in [7, 11) is 0. The minimum absolute atomic E-state index is 0.111. The highest BCUT2D eigenvalue weighted by Crippen LogP contribution is 2.31. The second-order valence-electron chi connectivity index (χ2n) is 9.23. The van der Waals surface area contributed by atoms with Crippen molar-refractivity contribution in [1.82, 2.24) is 20.1 Å². The number of carbonyl (C=O) groups is 1. The van der Waals surface area contributed by atoms with E-state index in [1.165, 1.54) is 12.1 Å². The molecule has 0 atom stereocenters. The monoisotopic (exact) mass is 460 g/mol. The van der Waals surface area contributed by atoms with Gasteiger partial charge < -0.3 is 10.2 Å². The molecule has 0 spiro atoms. The molecule has 0 saturated carbocycles. The number of benzene rings is 1. The largest absolute Gasteiger partial charge is 0.340 e. The van der Waals surface area contributed by atoms with Crippen molar-refractivity contribution in [2.75, 3.05) is 26.2 Å². The number of hydrogen-bond acceptors (Lipinski definition) is 4. The highest BCUT2D eigenvalue weighted by molar-refractivity contribution is 5.85. The zero-order valence-corrected chi connectivity index (χ0v) is 19.0. The number of alkyl halides is 1. The number of hydrogen-bond donors (Lipinski definition) is 1. The van der Waals surface area contributed by atoms with Gasteiger partial charge in [0.25, 0.3) is 5.91 Å². The summed E-state index contributed by atoms with van der Waals surface area (Å²) in [6, 6.07) is 7.67. The topological polar surface area (TPSA) is 48.5 Å². The van der Waals surface area contributed by atoms with Crippen molar-refractivity contribution in [2.24, 2.45) is 0 Å². The van der Waals surface area contributed by atoms with E-state index in [9.17, 15) is 13.6 Å². The third-order valence-electron chi connectivity index (χ3n) is 6.78. The fraction of sp³-hybridized carbons (Fsp3) is 0.520. The van der Waals surface area contributed by atoms with Crippen LogP contribution in [0.15, 0.2) is 36.5 Å². The Balaban J connectivity index is 1.23. The summed E-state index contributed by atoms with van der Waals surface area (Å²) in [5.41, 5.74) is 0.712. The second-order valence-corrected chi connectivity index (χ2v) is 9.23. The van der Waals surface area contributed by atoms with E-state index in [0.717, 1.165) is 23.9 Å². The maximum atomic E-state index is 15.6. The number of carbonyl (C=O) groups excluding carboxylic acids is 1. The molecular formula is C25H31F3N4O. The van der Waals surface area contributed by atoms with E-state index in [0.29, 0.717) is 51.1 Å². The van der Waals surface area contributed by atoms with E-state index in [4.69, 9.17) is 0 Å². The number of amides is 1. The second kappa shape index (κ2) is 10.2. The van der Waals surface area contributed by atoms with Crippen LogP contribution in [0, 0.1) is 18.6 Å². The van der Waals surface area contributed by atoms with Gasteiger partial charge in [-0.05, 0) is 43.5 Å². The highest BCUT2D eigenvalue weighted by atomic mass is 19.1. The van der Waals surface area contributed by atoms with E-state index in [1.807, 2.05) is 19.1 Å². The molecule has 2 aliphatic rings. The van der Waals surface area contributed by atoms with E-state index >= 15 is 4.39 Å². The summed E-state index contributed by atoms with van der Waals surface area (Å²) in [5.74, 6) is -1.56. The van der Waals surface area contributed by atoms with Gasteiger partial charge in [0.05, 0.1) is 0 Å². The van der Waals surface area contributed by atoms with Gasteiger partial charge in [-0.15, -0.1) is 0 Å². The number of likely N-dealkylation sites (tertiary alicyclic amines) is 2. The molecule has 8 heteroatoms. The van der Waals surface area contributed by atoms with Crippen LogP contribution in [-0.4, -0.2) is 58.6 Å². The molecule has 1 amide bonds. The number of aromatic nitrogens is 1. The molecule has 2 saturated heterocycles. The molecule has 0 unspecified atom stereocenters. The molecular weight excluding hydrogens is 429 g/mol. The predicted molar refractivity (Wildman–Crippen MR) is 120 cm³/mol. The maximum absolute atomic E-state index is 15.6. The van der Waals surface area contributed by atoms with Crippen molar-refractivity contribution in [1.29, 1.82) is 0 Å². The van der Waals surface area contributed by atoms with Crippen molar-refractivity contribution in [3.8, 4) is 0 Å². The van der Waals surface area contributed by atoms with E-state index in [1.54, 1.807) is 11.1 Å². The van der Waals surface area contributed by atoms with Gasteiger partial charge in [0.1, 0.15) is 11.6 Å². The van der Waals surface area contributed by atoms with Crippen LogP contribution < -0.4 is 5.32 Å². The molecule has 1 aromatic carbocycles. The number of nitrogens with one attached hydrogen (secondary N) is 1. The molecule has 0 radical (unpaired) electrons. The molecule has 2 fully saturated rings. The lowest BCUT2D eigenvalue weighted by atomic mass is 9.90. The van der Waals surface area contributed by atoms with E-state index in [-0.39, 0.29) is 18.9 Å². The number of aryl methyl sites for hydroxylation is 1. The Bertz CT molecular complexity index is 970. The van der Waals surface area contributed by atoms with Crippen LogP contribution in [0.5, 0.6) is 0 Å². The van der Waals surface area contributed by atoms with Crippen molar-refractivity contribution in [3.63, 3.8) is 0 Å². The fourth-order valence-corrected chi connectivity index (χ4v) is 4.73. The molecule has 5 nitrogen and oxygen atoms in total. The molecule has 1 N–H and O–H groups in total. The lowest BCUT2D eigenvalue weighted by Gasteiger charge is -2.40. The molecule has 0 aliphatic carbocycles. The van der Waals surface area contributed by atoms with Gasteiger partial charge in [-0.2, -0.15) is 0 Å². The van der Waals surface area contributed by atoms with Crippen LogP contribution in [0.3, 0.4) is 0 Å². The number of rotatable bonds is 6. The average Bonchev–Trinajstić information content (AvgIpc) is 2.80. The zero-order chi connectivity index (χ0) is 23.4. The fourth-order valence-electron chi connectivity index (χ4n) is 4.73. The Morgan fingerprint density at radius 3 is 2.52 bits per heavy atom. The lowest BCUT2D eigenvalue weighted by molar-refractivity contribution is -0.148. The number of halogens is 3. The van der Waals surface area contributed by atoms with Crippen molar-refractivity contribution < 1.29 is 18.0 Å². The van der Waals surface area contributed by atoms with Gasteiger partial charge in [-0.1, -0.05) is 6.07 Å². The van der Waals surface area contributed by atoms with Gasteiger partial charge >= 0.3 is 0 Å². The Kier molecular flexibility index (Phi) is 7.34. The van der Waals surface area contributed by atoms with Crippen LogP contribution in [-0.2, 0) is 17.9 Å². The summed E-state index contributed by atoms with van der Waals surface area (Å²) < 4.78 is 42.4. The van der Waals surface area contributed by atoms with Gasteiger partial charge in [0.15, 0.2) is 5.67 Å². The molecule has 1 aromatic heterocycles. The first kappa shape index (κ1) is 23.7. The average molecular weight is 461 g/mol. The van der Waals surface area contributed by atoms with Gasteiger partial charge in [-0.3, -0.25) is 14.7 Å². The minimum atomic E-state index is -1.80. The zero-order valence-electron chi connectivity index (χ0n) is 19.0. The summed E-state index contributed by atoms with van der Waals surface area (Å²) >= 11 is 0. The molecule has 33 heavy (non-hydrogen) atoms. The summed E-state index contributed by atoms with van der Waals surface area (Å²) in [6.07, 6.45) is 3.55. The maximum Gasteiger partial charge on any atom is 0.260 e. The Morgan fingerprint density at radius 1 is 1.12 bits per heavy atom. The van der Waals surface area contributed by atoms with Crippen molar-refractivity contribution >= 4 is 5.91 Å². The van der Waals surface area contributed by atoms with Gasteiger partial charge in [-0.25, -0.2) is 13.2 Å². The summed E-state index contributed by atoms with van der Waals surface area (Å²) in [4.78, 5) is 21.0. The Labute approximate surface area is 193 Å². The summed E-state index contributed by atoms with van der Waals surface area (Å²) in [5, 5.41) is 3.27.